The van der Waals surface area contributed by atoms with E-state index in [0.717, 1.165) is 49.5 Å². The van der Waals surface area contributed by atoms with Gasteiger partial charge >= 0.3 is 0 Å². The Morgan fingerprint density at radius 2 is 2.00 bits per heavy atom. The molecule has 3 rings (SSSR count). The molecule has 2 fully saturated rings. The summed E-state index contributed by atoms with van der Waals surface area (Å²) in [4.78, 5) is 15.5. The normalized spacial score (nSPS) is 27.0. The second-order valence-electron chi connectivity index (χ2n) is 8.18. The molecule has 2 heterocycles. The van der Waals surface area contributed by atoms with Crippen LogP contribution in [0.25, 0.3) is 0 Å². The smallest absolute Gasteiger partial charge is 0.231 e. The fraction of sp³-hybridized carbons (Fsp3) is 0.650. The highest BCUT2D eigenvalue weighted by Crippen LogP contribution is 2.51. The summed E-state index contributed by atoms with van der Waals surface area (Å²) in [6, 6.07) is 5.95. The zero-order valence-electron chi connectivity index (χ0n) is 16.0. The molecular formula is C20H30N2O3. The third kappa shape index (κ3) is 2.99. The summed E-state index contributed by atoms with van der Waals surface area (Å²) in [5, 5.41) is 3.47. The van der Waals surface area contributed by atoms with Gasteiger partial charge in [-0.1, -0.05) is 6.07 Å². The van der Waals surface area contributed by atoms with Gasteiger partial charge in [0.05, 0.1) is 19.6 Å². The topological polar surface area (TPSA) is 50.8 Å². The highest BCUT2D eigenvalue weighted by molar-refractivity contribution is 5.88. The summed E-state index contributed by atoms with van der Waals surface area (Å²) in [7, 11) is 3.34. The predicted octanol–water partition coefficient (Wildman–Crippen LogP) is 2.80. The number of benzene rings is 1. The van der Waals surface area contributed by atoms with E-state index < -0.39 is 0 Å². The third-order valence-electron chi connectivity index (χ3n) is 5.75. The molecule has 2 aliphatic rings. The average Bonchev–Trinajstić information content (AvgIpc) is 2.87. The van der Waals surface area contributed by atoms with Gasteiger partial charge in [0, 0.05) is 36.2 Å². The van der Waals surface area contributed by atoms with Crippen molar-refractivity contribution in [3.63, 3.8) is 0 Å². The standard InChI is InChI=1S/C20H30N2O3/c1-19(2,3)22-12-16(20(18(22)23)9-6-10-21-13-20)15-8-7-14(24-4)11-17(15)25-5/h7-8,11,16,21H,6,9-10,12-13H2,1-5H3/t16-,20+/m1/s1. The minimum atomic E-state index is -0.382. The van der Waals surface area contributed by atoms with Crippen LogP contribution in [0.2, 0.25) is 0 Å². The van der Waals surface area contributed by atoms with Crippen molar-refractivity contribution in [2.24, 2.45) is 5.41 Å². The fourth-order valence-corrected chi connectivity index (χ4v) is 4.35. The summed E-state index contributed by atoms with van der Waals surface area (Å²) in [5.74, 6) is 1.97. The lowest BCUT2D eigenvalue weighted by molar-refractivity contribution is -0.141. The molecule has 2 aliphatic heterocycles. The SMILES string of the molecule is COc1ccc([C@H]2CN(C(C)(C)C)C(=O)[C@]23CCCNC3)c(OC)c1. The molecule has 138 valence electrons. The fourth-order valence-electron chi connectivity index (χ4n) is 4.35. The molecule has 5 nitrogen and oxygen atoms in total. The van der Waals surface area contributed by atoms with Gasteiger partial charge in [-0.3, -0.25) is 4.79 Å². The zero-order valence-corrected chi connectivity index (χ0v) is 16.0. The minimum Gasteiger partial charge on any atom is -0.497 e. The molecule has 0 saturated carbocycles. The Hall–Kier alpha value is -1.75. The largest absolute Gasteiger partial charge is 0.497 e. The second-order valence-corrected chi connectivity index (χ2v) is 8.18. The molecule has 1 aromatic rings. The van der Waals surface area contributed by atoms with Crippen molar-refractivity contribution in [1.29, 1.82) is 0 Å². The molecule has 0 radical (unpaired) electrons. The first-order valence-corrected chi connectivity index (χ1v) is 9.08. The van der Waals surface area contributed by atoms with E-state index in [9.17, 15) is 4.79 Å². The number of hydrogen-bond donors (Lipinski definition) is 1. The van der Waals surface area contributed by atoms with Gasteiger partial charge < -0.3 is 19.7 Å². The van der Waals surface area contributed by atoms with Crippen LogP contribution in [0.4, 0.5) is 0 Å². The number of hydrogen-bond acceptors (Lipinski definition) is 4. The summed E-state index contributed by atoms with van der Waals surface area (Å²) < 4.78 is 11.0. The number of nitrogens with one attached hydrogen (secondary N) is 1. The van der Waals surface area contributed by atoms with Crippen LogP contribution in [-0.4, -0.2) is 50.2 Å². The van der Waals surface area contributed by atoms with Gasteiger partial charge in [0.2, 0.25) is 5.91 Å². The molecule has 5 heteroatoms. The maximum Gasteiger partial charge on any atom is 0.231 e. The Labute approximate surface area is 150 Å². The van der Waals surface area contributed by atoms with Gasteiger partial charge in [-0.15, -0.1) is 0 Å². The minimum absolute atomic E-state index is 0.118. The van der Waals surface area contributed by atoms with E-state index >= 15 is 0 Å². The first kappa shape index (κ1) is 18.1. The zero-order chi connectivity index (χ0) is 18.2. The van der Waals surface area contributed by atoms with Crippen molar-refractivity contribution < 1.29 is 14.3 Å². The highest BCUT2D eigenvalue weighted by atomic mass is 16.5. The van der Waals surface area contributed by atoms with Gasteiger partial charge in [0.25, 0.3) is 0 Å². The number of rotatable bonds is 3. The van der Waals surface area contributed by atoms with E-state index in [2.05, 4.69) is 32.2 Å². The number of methoxy groups -OCH3 is 2. The number of carbonyl (C=O) groups is 1. The second kappa shape index (κ2) is 6.52. The lowest BCUT2D eigenvalue weighted by Crippen LogP contribution is -2.50. The molecule has 0 aliphatic carbocycles. The maximum atomic E-state index is 13.5. The molecule has 2 saturated heterocycles. The Morgan fingerprint density at radius 3 is 2.56 bits per heavy atom. The molecule has 1 amide bonds. The van der Waals surface area contributed by atoms with Crippen molar-refractivity contribution >= 4 is 5.91 Å². The molecule has 2 atom stereocenters. The van der Waals surface area contributed by atoms with E-state index in [1.54, 1.807) is 14.2 Å². The van der Waals surface area contributed by atoms with Gasteiger partial charge in [0.1, 0.15) is 11.5 Å². The molecule has 0 aromatic heterocycles. The lowest BCUT2D eigenvalue weighted by atomic mass is 9.69. The van der Waals surface area contributed by atoms with Crippen LogP contribution in [-0.2, 0) is 4.79 Å². The molecular weight excluding hydrogens is 316 g/mol. The Balaban J connectivity index is 2.08. The van der Waals surface area contributed by atoms with Gasteiger partial charge in [-0.25, -0.2) is 0 Å². The number of nitrogens with zero attached hydrogens (tertiary/aromatic N) is 1. The molecule has 0 bridgehead atoms. The van der Waals surface area contributed by atoms with Crippen LogP contribution in [0.15, 0.2) is 18.2 Å². The summed E-state index contributed by atoms with van der Waals surface area (Å²) >= 11 is 0. The molecule has 25 heavy (non-hydrogen) atoms. The van der Waals surface area contributed by atoms with E-state index in [4.69, 9.17) is 9.47 Å². The van der Waals surface area contributed by atoms with Gasteiger partial charge in [0.15, 0.2) is 0 Å². The number of ether oxygens (including phenoxy) is 2. The maximum absolute atomic E-state index is 13.5. The van der Waals surface area contributed by atoms with Crippen LogP contribution >= 0.6 is 0 Å². The molecule has 0 unspecified atom stereocenters. The van der Waals surface area contributed by atoms with Gasteiger partial charge in [-0.2, -0.15) is 0 Å². The van der Waals surface area contributed by atoms with Crippen molar-refractivity contribution in [3.8, 4) is 11.5 Å². The van der Waals surface area contributed by atoms with Crippen LogP contribution in [0, 0.1) is 5.41 Å². The van der Waals surface area contributed by atoms with Crippen molar-refractivity contribution in [3.05, 3.63) is 23.8 Å². The van der Waals surface area contributed by atoms with E-state index in [1.165, 1.54) is 0 Å². The molecule has 1 aromatic carbocycles. The third-order valence-corrected chi connectivity index (χ3v) is 5.75. The number of piperidine rings is 1. The van der Waals surface area contributed by atoms with Crippen LogP contribution in [0.3, 0.4) is 0 Å². The monoisotopic (exact) mass is 346 g/mol. The van der Waals surface area contributed by atoms with Crippen molar-refractivity contribution in [1.82, 2.24) is 10.2 Å². The van der Waals surface area contributed by atoms with Crippen LogP contribution in [0.1, 0.15) is 45.1 Å². The van der Waals surface area contributed by atoms with Crippen molar-refractivity contribution in [2.75, 3.05) is 33.9 Å². The highest BCUT2D eigenvalue weighted by Gasteiger charge is 2.57. The first-order valence-electron chi connectivity index (χ1n) is 9.08. The summed E-state index contributed by atoms with van der Waals surface area (Å²) in [6.07, 6.45) is 1.95. The Kier molecular flexibility index (Phi) is 4.71. The summed E-state index contributed by atoms with van der Waals surface area (Å²) in [6.45, 7) is 8.79. The Morgan fingerprint density at radius 1 is 1.24 bits per heavy atom. The van der Waals surface area contributed by atoms with E-state index in [1.807, 2.05) is 17.0 Å². The lowest BCUT2D eigenvalue weighted by Gasteiger charge is -2.38. The summed E-state index contributed by atoms with van der Waals surface area (Å²) in [5.41, 5.74) is 0.538. The van der Waals surface area contributed by atoms with Crippen LogP contribution < -0.4 is 14.8 Å². The Bertz CT molecular complexity index is 645. The average molecular weight is 346 g/mol. The van der Waals surface area contributed by atoms with Gasteiger partial charge in [-0.05, 0) is 46.2 Å². The molecule has 1 spiro atoms. The molecule has 1 N–H and O–H groups in total. The number of likely N-dealkylation sites (tertiary alicyclic amines) is 1. The van der Waals surface area contributed by atoms with Crippen molar-refractivity contribution in [2.45, 2.75) is 45.1 Å². The van der Waals surface area contributed by atoms with E-state index in [0.29, 0.717) is 0 Å². The number of carbonyl (C=O) groups excluding carboxylic acids is 1. The quantitative estimate of drug-likeness (QED) is 0.914. The van der Waals surface area contributed by atoms with E-state index in [-0.39, 0.29) is 22.8 Å². The number of amides is 1. The predicted molar refractivity (Wildman–Crippen MR) is 98.3 cm³/mol. The first-order chi connectivity index (χ1) is 11.8. The van der Waals surface area contributed by atoms with Crippen LogP contribution in [0.5, 0.6) is 11.5 Å².